The summed E-state index contributed by atoms with van der Waals surface area (Å²) in [5.74, 6) is 1.78. The molecular weight excluding hydrogens is 280 g/mol. The molecule has 0 bridgehead atoms. The van der Waals surface area contributed by atoms with Crippen LogP contribution in [0.15, 0.2) is 48.5 Å². The number of ether oxygens (including phenoxy) is 1. The van der Waals surface area contributed by atoms with Crippen molar-refractivity contribution in [3.8, 4) is 11.5 Å². The number of hydrogen-bond donors (Lipinski definition) is 0. The Balaban J connectivity index is 2.09. The van der Waals surface area contributed by atoms with Crippen LogP contribution in [0, 0.1) is 0 Å². The normalized spacial score (nSPS) is 12.3. The van der Waals surface area contributed by atoms with Gasteiger partial charge in [0.05, 0.1) is 0 Å². The molecule has 1 heteroatoms. The van der Waals surface area contributed by atoms with Crippen molar-refractivity contribution in [2.45, 2.75) is 65.2 Å². The maximum Gasteiger partial charge on any atom is 0.127 e. The minimum atomic E-state index is 0.172. The lowest BCUT2D eigenvalue weighted by Crippen LogP contribution is -2.16. The summed E-state index contributed by atoms with van der Waals surface area (Å²) in [5.41, 5.74) is 3.09. The van der Waals surface area contributed by atoms with Crippen molar-refractivity contribution in [2.24, 2.45) is 0 Å². The second-order valence-electron chi connectivity index (χ2n) is 8.03. The first kappa shape index (κ1) is 17.6. The van der Waals surface area contributed by atoms with Crippen molar-refractivity contribution in [1.29, 1.82) is 0 Å². The molecule has 0 aromatic heterocycles. The van der Waals surface area contributed by atoms with Crippen LogP contribution in [0.25, 0.3) is 0 Å². The molecule has 0 spiro atoms. The summed E-state index contributed by atoms with van der Waals surface area (Å²) in [4.78, 5) is 0. The molecule has 2 rings (SSSR count). The molecule has 0 radical (unpaired) electrons. The van der Waals surface area contributed by atoms with Crippen LogP contribution in [-0.2, 0) is 10.8 Å². The molecule has 1 nitrogen and oxygen atoms in total. The first-order chi connectivity index (χ1) is 10.7. The summed E-state index contributed by atoms with van der Waals surface area (Å²) in [6.07, 6.45) is 2.40. The molecule has 0 N–H and O–H groups in total. The minimum absolute atomic E-state index is 0.172. The van der Waals surface area contributed by atoms with E-state index in [1.54, 1.807) is 0 Å². The predicted molar refractivity (Wildman–Crippen MR) is 99.6 cm³/mol. The fourth-order valence-electron chi connectivity index (χ4n) is 2.90. The highest BCUT2D eigenvalue weighted by molar-refractivity contribution is 5.37. The predicted octanol–water partition coefficient (Wildman–Crippen LogP) is 6.85. The molecule has 2 aromatic carbocycles. The van der Waals surface area contributed by atoms with Gasteiger partial charge in [-0.2, -0.15) is 0 Å². The zero-order valence-electron chi connectivity index (χ0n) is 15.4. The molecule has 0 atom stereocenters. The molecule has 124 valence electrons. The molecule has 0 saturated heterocycles. The Hall–Kier alpha value is -1.76. The van der Waals surface area contributed by atoms with E-state index in [1.807, 2.05) is 0 Å². The second-order valence-corrected chi connectivity index (χ2v) is 8.03. The van der Waals surface area contributed by atoms with Gasteiger partial charge in [-0.25, -0.2) is 0 Å². The fourth-order valence-corrected chi connectivity index (χ4v) is 2.90. The van der Waals surface area contributed by atoms with Gasteiger partial charge in [-0.05, 0) is 52.6 Å². The maximum absolute atomic E-state index is 5.97. The molecule has 0 amide bonds. The van der Waals surface area contributed by atoms with Crippen LogP contribution in [0.3, 0.4) is 0 Å². The smallest absolute Gasteiger partial charge is 0.127 e. The van der Waals surface area contributed by atoms with Crippen LogP contribution in [0.1, 0.15) is 65.5 Å². The summed E-state index contributed by atoms with van der Waals surface area (Å²) in [7, 11) is 0. The van der Waals surface area contributed by atoms with Gasteiger partial charge < -0.3 is 4.74 Å². The van der Waals surface area contributed by atoms with Crippen LogP contribution >= 0.6 is 0 Å². The Morgan fingerprint density at radius 3 is 1.52 bits per heavy atom. The molecule has 0 aliphatic carbocycles. The zero-order chi connectivity index (χ0) is 17.1. The van der Waals surface area contributed by atoms with E-state index in [9.17, 15) is 0 Å². The van der Waals surface area contributed by atoms with E-state index in [-0.39, 0.29) is 10.8 Å². The molecule has 0 fully saturated rings. The average Bonchev–Trinajstić information content (AvgIpc) is 2.47. The lowest BCUT2D eigenvalue weighted by atomic mass is 9.81. The van der Waals surface area contributed by atoms with Crippen LogP contribution in [-0.4, -0.2) is 0 Å². The molecule has 23 heavy (non-hydrogen) atoms. The van der Waals surface area contributed by atoms with Crippen LogP contribution in [0.5, 0.6) is 11.5 Å². The Bertz CT molecular complexity index is 613. The highest BCUT2D eigenvalue weighted by atomic mass is 16.5. The quantitative estimate of drug-likeness (QED) is 0.586. The first-order valence-electron chi connectivity index (χ1n) is 8.61. The monoisotopic (exact) mass is 310 g/mol. The molecular formula is C22H30O. The summed E-state index contributed by atoms with van der Waals surface area (Å²) >= 11 is 0. The Kier molecular flexibility index (Phi) is 5.19. The zero-order valence-corrected chi connectivity index (χ0v) is 15.4. The van der Waals surface area contributed by atoms with Crippen LogP contribution in [0.2, 0.25) is 0 Å². The largest absolute Gasteiger partial charge is 0.457 e. The number of rotatable bonds is 5. The highest BCUT2D eigenvalue weighted by Gasteiger charge is 2.19. The molecule has 0 aliphatic rings. The van der Waals surface area contributed by atoms with E-state index in [4.69, 9.17) is 4.74 Å². The van der Waals surface area contributed by atoms with Crippen molar-refractivity contribution >= 4 is 0 Å². The van der Waals surface area contributed by atoms with Crippen LogP contribution < -0.4 is 4.74 Å². The van der Waals surface area contributed by atoms with Gasteiger partial charge >= 0.3 is 0 Å². The molecule has 0 aliphatic heterocycles. The van der Waals surface area contributed by atoms with Crippen molar-refractivity contribution in [1.82, 2.24) is 0 Å². The van der Waals surface area contributed by atoms with Crippen molar-refractivity contribution < 1.29 is 4.74 Å². The lowest BCUT2D eigenvalue weighted by Gasteiger charge is -2.24. The third-order valence-electron chi connectivity index (χ3n) is 4.47. The summed E-state index contributed by atoms with van der Waals surface area (Å²) < 4.78 is 5.97. The summed E-state index contributed by atoms with van der Waals surface area (Å²) in [6.45, 7) is 13.5. The average molecular weight is 310 g/mol. The third-order valence-corrected chi connectivity index (χ3v) is 4.47. The van der Waals surface area contributed by atoms with Gasteiger partial charge in [-0.15, -0.1) is 0 Å². The van der Waals surface area contributed by atoms with Gasteiger partial charge in [0.1, 0.15) is 11.5 Å². The standard InChI is InChI=1S/C22H30O/c1-7-16-22(5,6)18-10-14-20(15-11-18)23-19-12-8-17(9-13-19)21(2,3)4/h8-15H,7,16H2,1-6H3. The van der Waals surface area contributed by atoms with Crippen molar-refractivity contribution in [3.05, 3.63) is 59.7 Å². The van der Waals surface area contributed by atoms with E-state index < -0.39 is 0 Å². The van der Waals surface area contributed by atoms with E-state index >= 15 is 0 Å². The van der Waals surface area contributed by atoms with Gasteiger partial charge in [-0.1, -0.05) is 72.2 Å². The third kappa shape index (κ3) is 4.60. The number of hydrogen-bond acceptors (Lipinski definition) is 1. The SMILES string of the molecule is CCCC(C)(C)c1ccc(Oc2ccc(C(C)(C)C)cc2)cc1. The Morgan fingerprint density at radius 1 is 0.696 bits per heavy atom. The van der Waals surface area contributed by atoms with Crippen LogP contribution in [0.4, 0.5) is 0 Å². The molecule has 2 aromatic rings. The van der Waals surface area contributed by atoms with Gasteiger partial charge in [0.25, 0.3) is 0 Å². The van der Waals surface area contributed by atoms with Gasteiger partial charge in [0, 0.05) is 0 Å². The van der Waals surface area contributed by atoms with E-state index in [2.05, 4.69) is 90.1 Å². The van der Waals surface area contributed by atoms with Gasteiger partial charge in [0.15, 0.2) is 0 Å². The van der Waals surface area contributed by atoms with E-state index in [0.29, 0.717) is 0 Å². The molecule has 0 unspecified atom stereocenters. The summed E-state index contributed by atoms with van der Waals surface area (Å²) in [5, 5.41) is 0. The summed E-state index contributed by atoms with van der Waals surface area (Å²) in [6, 6.07) is 16.9. The van der Waals surface area contributed by atoms with Crippen molar-refractivity contribution in [3.63, 3.8) is 0 Å². The van der Waals surface area contributed by atoms with Gasteiger partial charge in [-0.3, -0.25) is 0 Å². The Morgan fingerprint density at radius 2 is 1.13 bits per heavy atom. The van der Waals surface area contributed by atoms with E-state index in [0.717, 1.165) is 11.5 Å². The van der Waals surface area contributed by atoms with E-state index in [1.165, 1.54) is 24.0 Å². The lowest BCUT2D eigenvalue weighted by molar-refractivity contribution is 0.466. The minimum Gasteiger partial charge on any atom is -0.457 e. The maximum atomic E-state index is 5.97. The van der Waals surface area contributed by atoms with Gasteiger partial charge in [0.2, 0.25) is 0 Å². The number of benzene rings is 2. The second kappa shape index (κ2) is 6.78. The highest BCUT2D eigenvalue weighted by Crippen LogP contribution is 2.31. The Labute approximate surface area is 141 Å². The molecule has 0 saturated carbocycles. The first-order valence-corrected chi connectivity index (χ1v) is 8.61. The van der Waals surface area contributed by atoms with Crippen molar-refractivity contribution in [2.75, 3.05) is 0 Å². The molecule has 0 heterocycles. The topological polar surface area (TPSA) is 9.23 Å². The fraction of sp³-hybridized carbons (Fsp3) is 0.455.